The molecule has 1 aromatic heterocycles. The highest BCUT2D eigenvalue weighted by atomic mass is 35.5. The molecular weight excluding hydrogens is 639 g/mol. The van der Waals surface area contributed by atoms with Crippen molar-refractivity contribution in [2.45, 2.75) is 52.0 Å². The molecule has 1 amide bonds. The summed E-state index contributed by atoms with van der Waals surface area (Å²) in [4.78, 5) is 17.4. The van der Waals surface area contributed by atoms with Crippen molar-refractivity contribution < 1.29 is 13.2 Å². The molecule has 0 radical (unpaired) electrons. The molecule has 0 atom stereocenters. The average Bonchev–Trinajstić information content (AvgIpc) is 3.47. The zero-order valence-corrected chi connectivity index (χ0v) is 28.5. The SMILES string of the molecule is CC(C)(C)c1ccc(-c2ccc(Cc3nc(-c4ccc(Cl)cc4Cl)cn3-c3ccc(N4C(C)(C)C(=O)NS4(=O)=O)cc3)cc2)cc1. The van der Waals surface area contributed by atoms with Gasteiger partial charge < -0.3 is 4.57 Å². The van der Waals surface area contributed by atoms with Crippen LogP contribution in [0.1, 0.15) is 51.6 Å². The summed E-state index contributed by atoms with van der Waals surface area (Å²) in [6, 6.07) is 29.4. The maximum Gasteiger partial charge on any atom is 0.327 e. The fourth-order valence-corrected chi connectivity index (χ4v) is 7.81. The van der Waals surface area contributed by atoms with Crippen LogP contribution in [0.4, 0.5) is 5.69 Å². The van der Waals surface area contributed by atoms with Crippen LogP contribution in [0.5, 0.6) is 0 Å². The topological polar surface area (TPSA) is 84.3 Å². The summed E-state index contributed by atoms with van der Waals surface area (Å²) in [6.45, 7) is 9.77. The lowest BCUT2D eigenvalue weighted by Crippen LogP contribution is -2.44. The molecule has 1 N–H and O–H groups in total. The molecule has 0 saturated carbocycles. The Labute approximate surface area is 280 Å². The normalized spacial score (nSPS) is 15.6. The number of nitrogens with one attached hydrogen (secondary N) is 1. The Morgan fingerprint density at radius 2 is 1.41 bits per heavy atom. The lowest BCUT2D eigenvalue weighted by molar-refractivity contribution is -0.122. The first-order valence-electron chi connectivity index (χ1n) is 14.8. The Hall–Kier alpha value is -4.11. The van der Waals surface area contributed by atoms with Crippen molar-refractivity contribution in [3.8, 4) is 28.1 Å². The molecule has 6 rings (SSSR count). The molecule has 1 aliphatic heterocycles. The van der Waals surface area contributed by atoms with Gasteiger partial charge in [-0.2, -0.15) is 8.42 Å². The Morgan fingerprint density at radius 1 is 0.826 bits per heavy atom. The van der Waals surface area contributed by atoms with Crippen LogP contribution in [0.2, 0.25) is 10.0 Å². The van der Waals surface area contributed by atoms with Crippen molar-refractivity contribution in [1.82, 2.24) is 14.3 Å². The molecule has 0 spiro atoms. The van der Waals surface area contributed by atoms with Crippen LogP contribution < -0.4 is 9.03 Å². The first-order chi connectivity index (χ1) is 21.6. The summed E-state index contributed by atoms with van der Waals surface area (Å²) in [5, 5.41) is 1.02. The van der Waals surface area contributed by atoms with E-state index >= 15 is 0 Å². The maximum atomic E-state index is 12.7. The number of halogens is 2. The highest BCUT2D eigenvalue weighted by molar-refractivity contribution is 7.92. The third kappa shape index (κ3) is 6.05. The molecule has 1 saturated heterocycles. The molecule has 2 heterocycles. The highest BCUT2D eigenvalue weighted by Gasteiger charge is 2.50. The molecule has 10 heteroatoms. The van der Waals surface area contributed by atoms with E-state index in [0.717, 1.165) is 38.1 Å². The third-order valence-electron chi connectivity index (χ3n) is 8.27. The summed E-state index contributed by atoms with van der Waals surface area (Å²) in [7, 11) is -4.01. The van der Waals surface area contributed by atoms with E-state index in [2.05, 4.69) is 74.0 Å². The molecule has 4 aromatic carbocycles. The number of benzene rings is 4. The minimum atomic E-state index is -4.01. The van der Waals surface area contributed by atoms with E-state index in [4.69, 9.17) is 28.2 Å². The van der Waals surface area contributed by atoms with Gasteiger partial charge in [0.2, 0.25) is 0 Å². The molecule has 7 nitrogen and oxygen atoms in total. The quantitative estimate of drug-likeness (QED) is 0.196. The van der Waals surface area contributed by atoms with Gasteiger partial charge in [0.15, 0.2) is 0 Å². The van der Waals surface area contributed by atoms with Crippen LogP contribution in [0.15, 0.2) is 97.2 Å². The van der Waals surface area contributed by atoms with Crippen molar-refractivity contribution in [2.75, 3.05) is 4.31 Å². The second-order valence-corrected chi connectivity index (χ2v) is 15.4. The predicted octanol–water partition coefficient (Wildman–Crippen LogP) is 8.36. The van der Waals surface area contributed by atoms with Crippen LogP contribution in [0, 0.1) is 0 Å². The first kappa shape index (κ1) is 31.9. The van der Waals surface area contributed by atoms with E-state index in [0.29, 0.717) is 27.8 Å². The van der Waals surface area contributed by atoms with Crippen molar-refractivity contribution >= 4 is 45.0 Å². The number of hydrogen-bond acceptors (Lipinski definition) is 4. The van der Waals surface area contributed by atoms with Gasteiger partial charge in [-0.25, -0.2) is 14.0 Å². The van der Waals surface area contributed by atoms with Gasteiger partial charge in [-0.15, -0.1) is 0 Å². The number of anilines is 1. The molecule has 236 valence electrons. The summed E-state index contributed by atoms with van der Waals surface area (Å²) in [5.41, 5.74) is 6.04. The molecule has 1 fully saturated rings. The number of carbonyl (C=O) groups excluding carboxylic acids is 1. The maximum absolute atomic E-state index is 12.7. The number of aromatic nitrogens is 2. The van der Waals surface area contributed by atoms with Gasteiger partial charge in [0, 0.05) is 28.9 Å². The predicted molar refractivity (Wildman–Crippen MR) is 186 cm³/mol. The fourth-order valence-electron chi connectivity index (χ4n) is 5.64. The number of amides is 1. The number of imidazole rings is 1. The third-order valence-corrected chi connectivity index (χ3v) is 10.4. The Bertz CT molecular complexity index is 2050. The van der Waals surface area contributed by atoms with E-state index in [1.54, 1.807) is 38.1 Å². The first-order valence-corrected chi connectivity index (χ1v) is 17.0. The molecule has 5 aromatic rings. The summed E-state index contributed by atoms with van der Waals surface area (Å²) in [6.07, 6.45) is 2.44. The Morgan fingerprint density at radius 3 is 1.96 bits per heavy atom. The number of hydrogen-bond donors (Lipinski definition) is 1. The highest BCUT2D eigenvalue weighted by Crippen LogP contribution is 2.35. The number of carbonyl (C=O) groups is 1. The molecule has 0 unspecified atom stereocenters. The Kier molecular flexibility index (Phi) is 8.03. The minimum Gasteiger partial charge on any atom is -0.303 e. The fraction of sp³-hybridized carbons (Fsp3) is 0.222. The van der Waals surface area contributed by atoms with Gasteiger partial charge in [0.1, 0.15) is 11.4 Å². The van der Waals surface area contributed by atoms with E-state index in [9.17, 15) is 13.2 Å². The van der Waals surface area contributed by atoms with Crippen molar-refractivity contribution in [3.05, 3.63) is 124 Å². The zero-order valence-electron chi connectivity index (χ0n) is 26.2. The lowest BCUT2D eigenvalue weighted by Gasteiger charge is -2.28. The van der Waals surface area contributed by atoms with Gasteiger partial charge in [-0.05, 0) is 84.0 Å². The van der Waals surface area contributed by atoms with Crippen LogP contribution in [-0.2, 0) is 26.8 Å². The summed E-state index contributed by atoms with van der Waals surface area (Å²) in [5.74, 6) is 0.188. The van der Waals surface area contributed by atoms with Gasteiger partial charge in [-0.3, -0.25) is 4.79 Å². The average molecular weight is 674 g/mol. The second kappa shape index (κ2) is 11.6. The second-order valence-electron chi connectivity index (χ2n) is 13.0. The summed E-state index contributed by atoms with van der Waals surface area (Å²) < 4.78 is 30.7. The molecule has 0 bridgehead atoms. The number of nitrogens with zero attached hydrogens (tertiary/aromatic N) is 3. The van der Waals surface area contributed by atoms with Gasteiger partial charge in [-0.1, -0.05) is 92.5 Å². The molecule has 1 aliphatic rings. The van der Waals surface area contributed by atoms with Gasteiger partial charge in [0.25, 0.3) is 5.91 Å². The Balaban J connectivity index is 1.34. The molecule has 0 aliphatic carbocycles. The van der Waals surface area contributed by atoms with Crippen LogP contribution >= 0.6 is 23.2 Å². The zero-order chi connectivity index (χ0) is 33.0. The van der Waals surface area contributed by atoms with E-state index in [1.165, 1.54) is 5.56 Å². The van der Waals surface area contributed by atoms with E-state index < -0.39 is 21.7 Å². The van der Waals surface area contributed by atoms with Crippen molar-refractivity contribution in [1.29, 1.82) is 0 Å². The van der Waals surface area contributed by atoms with Gasteiger partial charge >= 0.3 is 10.2 Å². The summed E-state index contributed by atoms with van der Waals surface area (Å²) >= 11 is 12.7. The molecule has 46 heavy (non-hydrogen) atoms. The van der Waals surface area contributed by atoms with Crippen molar-refractivity contribution in [3.63, 3.8) is 0 Å². The molecular formula is C36H34Cl2N4O3S. The monoisotopic (exact) mass is 672 g/mol. The van der Waals surface area contributed by atoms with Crippen LogP contribution in [0.3, 0.4) is 0 Å². The van der Waals surface area contributed by atoms with Gasteiger partial charge in [0.05, 0.1) is 16.4 Å². The van der Waals surface area contributed by atoms with E-state index in [-0.39, 0.29) is 5.41 Å². The van der Waals surface area contributed by atoms with Crippen LogP contribution in [-0.4, -0.2) is 29.4 Å². The largest absolute Gasteiger partial charge is 0.327 e. The standard InChI is InChI=1S/C36H34Cl2N4O3S/c1-35(2,3)26-12-10-25(11-13-26)24-8-6-23(7-9-24)20-33-39-32(30-19-14-27(37)21-31(30)38)22-41(33)28-15-17-29(18-16-28)42-36(4,5)34(43)40-46(42,44)45/h6-19,21-22H,20H2,1-5H3,(H,40,43). The lowest BCUT2D eigenvalue weighted by atomic mass is 9.86. The van der Waals surface area contributed by atoms with Crippen LogP contribution in [0.25, 0.3) is 28.1 Å². The number of rotatable bonds is 6. The van der Waals surface area contributed by atoms with E-state index in [1.807, 2.05) is 29.0 Å². The minimum absolute atomic E-state index is 0.0957. The smallest absolute Gasteiger partial charge is 0.303 e. The van der Waals surface area contributed by atoms with Crippen molar-refractivity contribution in [2.24, 2.45) is 0 Å².